The molecule has 0 unspecified atom stereocenters. The molecule has 0 aliphatic heterocycles. The van der Waals surface area contributed by atoms with Crippen molar-refractivity contribution in [1.29, 1.82) is 0 Å². The fourth-order valence-corrected chi connectivity index (χ4v) is 2.79. The Morgan fingerprint density at radius 3 is 2.52 bits per heavy atom. The van der Waals surface area contributed by atoms with Gasteiger partial charge in [0.05, 0.1) is 25.6 Å². The van der Waals surface area contributed by atoms with Crippen LogP contribution in [0.3, 0.4) is 0 Å². The summed E-state index contributed by atoms with van der Waals surface area (Å²) in [6, 6.07) is 13.1. The Balaban J connectivity index is 1.85. The Hall–Kier alpha value is -2.12. The number of rotatable bonds is 8. The summed E-state index contributed by atoms with van der Waals surface area (Å²) in [6.07, 6.45) is 3.24. The van der Waals surface area contributed by atoms with Gasteiger partial charge in [0.15, 0.2) is 0 Å². The number of carbonyl (C=O) groups excluding carboxylic acids is 1. The lowest BCUT2D eigenvalue weighted by molar-refractivity contribution is -0.121. The topological polar surface area (TPSA) is 79.6 Å². The van der Waals surface area contributed by atoms with Gasteiger partial charge in [-0.1, -0.05) is 30.3 Å². The van der Waals surface area contributed by atoms with E-state index >= 15 is 0 Å². The van der Waals surface area contributed by atoms with E-state index in [0.29, 0.717) is 18.7 Å². The number of sulfonamides is 1. The minimum absolute atomic E-state index is 0.0396. The predicted molar refractivity (Wildman–Crippen MR) is 87.1 cm³/mol. The highest BCUT2D eigenvalue weighted by Crippen LogP contribution is 2.08. The van der Waals surface area contributed by atoms with Gasteiger partial charge in [-0.25, -0.2) is 8.42 Å². The lowest BCUT2D eigenvalue weighted by Crippen LogP contribution is -2.40. The van der Waals surface area contributed by atoms with Crippen LogP contribution in [0, 0.1) is 0 Å². The maximum atomic E-state index is 12.0. The van der Waals surface area contributed by atoms with Crippen LogP contribution in [0.25, 0.3) is 0 Å². The van der Waals surface area contributed by atoms with E-state index in [2.05, 4.69) is 5.32 Å². The van der Waals surface area contributed by atoms with E-state index in [1.807, 2.05) is 30.3 Å². The van der Waals surface area contributed by atoms with E-state index in [1.54, 1.807) is 12.1 Å². The van der Waals surface area contributed by atoms with Crippen LogP contribution in [0.5, 0.6) is 0 Å². The number of hydrogen-bond donors (Lipinski definition) is 1. The molecule has 0 aliphatic carbocycles. The summed E-state index contributed by atoms with van der Waals surface area (Å²) in [4.78, 5) is 12.0. The fourth-order valence-electron chi connectivity index (χ4n) is 2.07. The number of furan rings is 1. The van der Waals surface area contributed by atoms with Gasteiger partial charge in [-0.2, -0.15) is 4.31 Å². The summed E-state index contributed by atoms with van der Waals surface area (Å²) >= 11 is 0. The number of amides is 1. The van der Waals surface area contributed by atoms with Crippen molar-refractivity contribution in [1.82, 2.24) is 9.62 Å². The Kier molecular flexibility index (Phi) is 5.95. The van der Waals surface area contributed by atoms with Gasteiger partial charge in [-0.3, -0.25) is 4.79 Å². The van der Waals surface area contributed by atoms with Crippen molar-refractivity contribution in [2.45, 2.75) is 13.0 Å². The van der Waals surface area contributed by atoms with Crippen molar-refractivity contribution in [3.05, 3.63) is 60.1 Å². The molecule has 2 rings (SSSR count). The average molecular weight is 336 g/mol. The fraction of sp³-hybridized carbons (Fsp3) is 0.312. The third-order valence-corrected chi connectivity index (χ3v) is 4.48. The van der Waals surface area contributed by atoms with E-state index in [1.165, 1.54) is 6.26 Å². The Morgan fingerprint density at radius 1 is 1.17 bits per heavy atom. The first-order valence-electron chi connectivity index (χ1n) is 7.23. The summed E-state index contributed by atoms with van der Waals surface area (Å²) < 4.78 is 29.8. The third-order valence-electron chi connectivity index (χ3n) is 3.28. The second-order valence-corrected chi connectivity index (χ2v) is 7.18. The molecular formula is C16H20N2O4S. The largest absolute Gasteiger partial charge is 0.468 e. The van der Waals surface area contributed by atoms with Crippen LogP contribution in [-0.4, -0.2) is 38.0 Å². The number of carbonyl (C=O) groups is 1. The minimum atomic E-state index is -3.50. The van der Waals surface area contributed by atoms with Gasteiger partial charge >= 0.3 is 0 Å². The molecule has 6 nitrogen and oxygen atoms in total. The molecule has 2 aromatic rings. The lowest BCUT2D eigenvalue weighted by atomic mass is 10.1. The van der Waals surface area contributed by atoms with E-state index in [0.717, 1.165) is 16.1 Å². The molecule has 0 radical (unpaired) electrons. The second-order valence-electron chi connectivity index (χ2n) is 5.20. The van der Waals surface area contributed by atoms with Gasteiger partial charge in [0.1, 0.15) is 5.76 Å². The molecule has 23 heavy (non-hydrogen) atoms. The molecule has 1 aromatic heterocycles. The molecule has 1 aromatic carbocycles. The molecule has 0 atom stereocenters. The lowest BCUT2D eigenvalue weighted by Gasteiger charge is -2.18. The smallest absolute Gasteiger partial charge is 0.235 e. The molecule has 0 fully saturated rings. The molecule has 1 amide bonds. The van der Waals surface area contributed by atoms with E-state index in [9.17, 15) is 13.2 Å². The predicted octanol–water partition coefficient (Wildman–Crippen LogP) is 1.40. The van der Waals surface area contributed by atoms with Gasteiger partial charge in [0.25, 0.3) is 0 Å². The summed E-state index contributed by atoms with van der Waals surface area (Å²) in [5.74, 6) is 0.158. The van der Waals surface area contributed by atoms with Gasteiger partial charge in [-0.15, -0.1) is 0 Å². The zero-order chi connectivity index (χ0) is 16.7. The summed E-state index contributed by atoms with van der Waals surface area (Å²) in [6.45, 7) is 0.271. The maximum Gasteiger partial charge on any atom is 0.235 e. The third kappa shape index (κ3) is 5.88. The molecule has 7 heteroatoms. The normalized spacial score (nSPS) is 11.6. The Bertz CT molecular complexity index is 712. The van der Waals surface area contributed by atoms with Crippen LogP contribution in [0.1, 0.15) is 11.3 Å². The van der Waals surface area contributed by atoms with Gasteiger partial charge in [0, 0.05) is 6.54 Å². The van der Waals surface area contributed by atoms with Crippen LogP contribution in [0.15, 0.2) is 53.1 Å². The number of nitrogens with one attached hydrogen (secondary N) is 1. The van der Waals surface area contributed by atoms with Gasteiger partial charge in [-0.05, 0) is 24.1 Å². The number of nitrogens with zero attached hydrogens (tertiary/aromatic N) is 1. The highest BCUT2D eigenvalue weighted by atomic mass is 32.2. The molecule has 124 valence electrons. The maximum absolute atomic E-state index is 12.0. The van der Waals surface area contributed by atoms with Crippen molar-refractivity contribution in [3.63, 3.8) is 0 Å². The van der Waals surface area contributed by atoms with Crippen LogP contribution < -0.4 is 5.32 Å². The van der Waals surface area contributed by atoms with E-state index < -0.39 is 10.0 Å². The highest BCUT2D eigenvalue weighted by Gasteiger charge is 2.21. The molecule has 0 saturated heterocycles. The first kappa shape index (κ1) is 17.2. The van der Waals surface area contributed by atoms with Crippen molar-refractivity contribution >= 4 is 15.9 Å². The SMILES string of the molecule is CS(=O)(=O)N(CC(=O)NCCc1ccccc1)Cc1ccco1. The monoisotopic (exact) mass is 336 g/mol. The zero-order valence-electron chi connectivity index (χ0n) is 12.9. The Morgan fingerprint density at radius 2 is 1.91 bits per heavy atom. The van der Waals surface area contributed by atoms with Gasteiger partial charge < -0.3 is 9.73 Å². The average Bonchev–Trinajstić information content (AvgIpc) is 3.00. The number of benzene rings is 1. The highest BCUT2D eigenvalue weighted by molar-refractivity contribution is 7.88. The molecular weight excluding hydrogens is 316 g/mol. The number of hydrogen-bond acceptors (Lipinski definition) is 4. The van der Waals surface area contributed by atoms with Crippen LogP contribution in [-0.2, 0) is 27.8 Å². The summed E-state index contributed by atoms with van der Waals surface area (Å²) in [5, 5.41) is 2.74. The van der Waals surface area contributed by atoms with Crippen LogP contribution >= 0.6 is 0 Å². The van der Waals surface area contributed by atoms with Gasteiger partial charge in [0.2, 0.25) is 15.9 Å². The van der Waals surface area contributed by atoms with Crippen LogP contribution in [0.4, 0.5) is 0 Å². The minimum Gasteiger partial charge on any atom is -0.468 e. The van der Waals surface area contributed by atoms with Crippen molar-refractivity contribution < 1.29 is 17.6 Å². The first-order valence-corrected chi connectivity index (χ1v) is 9.08. The summed E-state index contributed by atoms with van der Waals surface area (Å²) in [5.41, 5.74) is 1.11. The quantitative estimate of drug-likeness (QED) is 0.790. The van der Waals surface area contributed by atoms with E-state index in [4.69, 9.17) is 4.42 Å². The van der Waals surface area contributed by atoms with Crippen molar-refractivity contribution in [2.24, 2.45) is 0 Å². The standard InChI is InChI=1S/C16H20N2O4S/c1-23(20,21)18(12-15-8-5-11-22-15)13-16(19)17-10-9-14-6-3-2-4-7-14/h2-8,11H,9-10,12-13H2,1H3,(H,17,19). The zero-order valence-corrected chi connectivity index (χ0v) is 13.8. The van der Waals surface area contributed by atoms with Crippen molar-refractivity contribution in [3.8, 4) is 0 Å². The molecule has 0 aliphatic rings. The second kappa shape index (κ2) is 7.94. The molecule has 1 N–H and O–H groups in total. The summed E-state index contributed by atoms with van der Waals surface area (Å²) in [7, 11) is -3.50. The molecule has 0 spiro atoms. The molecule has 0 bridgehead atoms. The molecule has 1 heterocycles. The molecule has 0 saturated carbocycles. The first-order chi connectivity index (χ1) is 10.9. The van der Waals surface area contributed by atoms with Crippen molar-refractivity contribution in [2.75, 3.05) is 19.3 Å². The van der Waals surface area contributed by atoms with E-state index in [-0.39, 0.29) is 19.0 Å². The Labute approximate surface area is 136 Å². The van der Waals surface area contributed by atoms with Crippen LogP contribution in [0.2, 0.25) is 0 Å².